The molecule has 0 aromatic rings. The molecule has 2 rings (SSSR count). The van der Waals surface area contributed by atoms with Crippen molar-refractivity contribution < 1.29 is 5.11 Å². The molecule has 2 aliphatic rings. The second kappa shape index (κ2) is 4.17. The van der Waals surface area contributed by atoms with Gasteiger partial charge in [-0.15, -0.1) is 0 Å². The van der Waals surface area contributed by atoms with E-state index in [4.69, 9.17) is 5.73 Å². The first-order chi connectivity index (χ1) is 6.70. The van der Waals surface area contributed by atoms with Crippen LogP contribution in [-0.4, -0.2) is 41.3 Å². The average molecular weight is 198 g/mol. The van der Waals surface area contributed by atoms with Crippen LogP contribution in [0.3, 0.4) is 0 Å². The number of aliphatic hydroxyl groups is 1. The van der Waals surface area contributed by atoms with E-state index in [1.165, 1.54) is 12.8 Å². The summed E-state index contributed by atoms with van der Waals surface area (Å²) in [6.45, 7) is 4.11. The molecule has 2 fully saturated rings. The maximum Gasteiger partial charge on any atom is 0.0570 e. The van der Waals surface area contributed by atoms with Crippen LogP contribution >= 0.6 is 0 Å². The second-order valence-corrected chi connectivity index (χ2v) is 5.05. The van der Waals surface area contributed by atoms with E-state index < -0.39 is 0 Å². The number of hydrogen-bond donors (Lipinski definition) is 2. The van der Waals surface area contributed by atoms with Crippen LogP contribution in [0.25, 0.3) is 0 Å². The molecule has 3 unspecified atom stereocenters. The Kier molecular flexibility index (Phi) is 3.10. The van der Waals surface area contributed by atoms with Crippen LogP contribution in [0.5, 0.6) is 0 Å². The van der Waals surface area contributed by atoms with E-state index in [0.29, 0.717) is 18.0 Å². The zero-order chi connectivity index (χ0) is 10.1. The molecule has 2 aliphatic heterocycles. The van der Waals surface area contributed by atoms with Crippen LogP contribution in [0.4, 0.5) is 0 Å². The summed E-state index contributed by atoms with van der Waals surface area (Å²) in [5.41, 5.74) is 5.65. The fourth-order valence-electron chi connectivity index (χ4n) is 2.98. The van der Waals surface area contributed by atoms with Crippen LogP contribution in [0.15, 0.2) is 0 Å². The molecule has 2 saturated heterocycles. The van der Waals surface area contributed by atoms with Crippen molar-refractivity contribution in [2.75, 3.05) is 13.1 Å². The van der Waals surface area contributed by atoms with E-state index in [9.17, 15) is 5.11 Å². The fourth-order valence-corrected chi connectivity index (χ4v) is 2.98. The lowest BCUT2D eigenvalue weighted by Gasteiger charge is -2.38. The summed E-state index contributed by atoms with van der Waals surface area (Å²) in [6, 6.07) is 1.27. The molecule has 0 amide bonds. The van der Waals surface area contributed by atoms with Crippen molar-refractivity contribution in [2.45, 2.75) is 50.8 Å². The molecule has 14 heavy (non-hydrogen) atoms. The van der Waals surface area contributed by atoms with Gasteiger partial charge in [0.15, 0.2) is 0 Å². The zero-order valence-corrected chi connectivity index (χ0v) is 9.02. The average Bonchev–Trinajstić information content (AvgIpc) is 2.41. The molecule has 3 heteroatoms. The van der Waals surface area contributed by atoms with Crippen LogP contribution in [0.2, 0.25) is 0 Å². The predicted octanol–water partition coefficient (Wildman–Crippen LogP) is 0.569. The molecule has 0 aromatic carbocycles. The Morgan fingerprint density at radius 3 is 2.43 bits per heavy atom. The number of piperidine rings is 1. The lowest BCUT2D eigenvalue weighted by molar-refractivity contribution is 0.0288. The molecule has 0 saturated carbocycles. The highest BCUT2D eigenvalue weighted by atomic mass is 16.3. The topological polar surface area (TPSA) is 49.5 Å². The SMILES string of the molecule is CC(CN)CN1C2CCC1CC(O)C2. The van der Waals surface area contributed by atoms with Gasteiger partial charge in [0.2, 0.25) is 0 Å². The van der Waals surface area contributed by atoms with Gasteiger partial charge in [0, 0.05) is 18.6 Å². The number of hydrogen-bond acceptors (Lipinski definition) is 3. The van der Waals surface area contributed by atoms with Crippen molar-refractivity contribution >= 4 is 0 Å². The third kappa shape index (κ3) is 1.95. The Bertz CT molecular complexity index is 184. The summed E-state index contributed by atoms with van der Waals surface area (Å²) in [4.78, 5) is 2.59. The normalized spacial score (nSPS) is 40.1. The van der Waals surface area contributed by atoms with Crippen LogP contribution in [0, 0.1) is 5.92 Å². The van der Waals surface area contributed by atoms with Crippen molar-refractivity contribution in [2.24, 2.45) is 11.7 Å². The van der Waals surface area contributed by atoms with E-state index >= 15 is 0 Å². The minimum Gasteiger partial charge on any atom is -0.393 e. The third-order valence-corrected chi connectivity index (χ3v) is 3.78. The van der Waals surface area contributed by atoms with Gasteiger partial charge in [0.05, 0.1) is 6.10 Å². The van der Waals surface area contributed by atoms with Gasteiger partial charge < -0.3 is 10.8 Å². The first kappa shape index (κ1) is 10.4. The number of fused-ring (bicyclic) bond motifs is 2. The summed E-state index contributed by atoms with van der Waals surface area (Å²) in [5, 5.41) is 9.65. The van der Waals surface area contributed by atoms with E-state index in [1.54, 1.807) is 0 Å². The summed E-state index contributed by atoms with van der Waals surface area (Å²) in [5.74, 6) is 0.591. The second-order valence-electron chi connectivity index (χ2n) is 5.05. The van der Waals surface area contributed by atoms with Gasteiger partial charge in [0.25, 0.3) is 0 Å². The van der Waals surface area contributed by atoms with Crippen LogP contribution < -0.4 is 5.73 Å². The van der Waals surface area contributed by atoms with Gasteiger partial charge in [-0.05, 0) is 38.1 Å². The Morgan fingerprint density at radius 1 is 1.36 bits per heavy atom. The number of aliphatic hydroxyl groups excluding tert-OH is 1. The van der Waals surface area contributed by atoms with Gasteiger partial charge >= 0.3 is 0 Å². The Hall–Kier alpha value is -0.120. The van der Waals surface area contributed by atoms with Gasteiger partial charge in [-0.1, -0.05) is 6.92 Å². The third-order valence-electron chi connectivity index (χ3n) is 3.78. The van der Waals surface area contributed by atoms with Crippen molar-refractivity contribution in [3.8, 4) is 0 Å². The lowest BCUT2D eigenvalue weighted by atomic mass is 9.98. The van der Waals surface area contributed by atoms with E-state index in [1.807, 2.05) is 0 Å². The minimum atomic E-state index is -0.0445. The maximum absolute atomic E-state index is 9.65. The highest BCUT2D eigenvalue weighted by molar-refractivity contribution is 4.95. The molecule has 0 spiro atoms. The molecule has 0 aromatic heterocycles. The molecule has 3 nitrogen and oxygen atoms in total. The highest BCUT2D eigenvalue weighted by Crippen LogP contribution is 2.35. The molecule has 0 radical (unpaired) electrons. The predicted molar refractivity (Wildman–Crippen MR) is 57.0 cm³/mol. The first-order valence-electron chi connectivity index (χ1n) is 5.84. The number of nitrogens with zero attached hydrogens (tertiary/aromatic N) is 1. The van der Waals surface area contributed by atoms with Crippen molar-refractivity contribution in [1.29, 1.82) is 0 Å². The maximum atomic E-state index is 9.65. The minimum absolute atomic E-state index is 0.0445. The van der Waals surface area contributed by atoms with Crippen LogP contribution in [-0.2, 0) is 0 Å². The molecular weight excluding hydrogens is 176 g/mol. The standard InChI is InChI=1S/C11H22N2O/c1-8(6-12)7-13-9-2-3-10(13)5-11(14)4-9/h8-11,14H,2-7,12H2,1H3. The molecule has 3 N–H and O–H groups in total. The molecule has 3 atom stereocenters. The Labute approximate surface area is 86.3 Å². The van der Waals surface area contributed by atoms with Gasteiger partial charge in [-0.3, -0.25) is 4.90 Å². The highest BCUT2D eigenvalue weighted by Gasteiger charge is 2.40. The quantitative estimate of drug-likeness (QED) is 0.697. The van der Waals surface area contributed by atoms with E-state index in [0.717, 1.165) is 25.9 Å². The smallest absolute Gasteiger partial charge is 0.0570 e. The molecule has 82 valence electrons. The Balaban J connectivity index is 1.94. The summed E-state index contributed by atoms with van der Waals surface area (Å²) < 4.78 is 0. The van der Waals surface area contributed by atoms with Crippen molar-refractivity contribution in [3.63, 3.8) is 0 Å². The number of nitrogens with two attached hydrogens (primary N) is 1. The van der Waals surface area contributed by atoms with E-state index in [-0.39, 0.29) is 6.10 Å². The number of rotatable bonds is 3. The van der Waals surface area contributed by atoms with Crippen LogP contribution in [0.1, 0.15) is 32.6 Å². The van der Waals surface area contributed by atoms with Gasteiger partial charge in [-0.2, -0.15) is 0 Å². The van der Waals surface area contributed by atoms with Gasteiger partial charge in [0.1, 0.15) is 0 Å². The molecule has 0 aliphatic carbocycles. The lowest BCUT2D eigenvalue weighted by Crippen LogP contribution is -2.47. The summed E-state index contributed by atoms with van der Waals surface area (Å²) in [7, 11) is 0. The molecule has 2 bridgehead atoms. The first-order valence-corrected chi connectivity index (χ1v) is 5.84. The van der Waals surface area contributed by atoms with E-state index in [2.05, 4.69) is 11.8 Å². The Morgan fingerprint density at radius 2 is 1.93 bits per heavy atom. The summed E-state index contributed by atoms with van der Waals surface area (Å²) >= 11 is 0. The summed E-state index contributed by atoms with van der Waals surface area (Å²) in [6.07, 6.45) is 4.47. The van der Waals surface area contributed by atoms with Crippen molar-refractivity contribution in [1.82, 2.24) is 4.90 Å². The largest absolute Gasteiger partial charge is 0.393 e. The van der Waals surface area contributed by atoms with Gasteiger partial charge in [-0.25, -0.2) is 0 Å². The zero-order valence-electron chi connectivity index (χ0n) is 9.02. The molecular formula is C11H22N2O. The monoisotopic (exact) mass is 198 g/mol. The fraction of sp³-hybridized carbons (Fsp3) is 1.00. The molecule has 2 heterocycles. The van der Waals surface area contributed by atoms with Crippen molar-refractivity contribution in [3.05, 3.63) is 0 Å².